The molecule has 1 amide bonds. The van der Waals surface area contributed by atoms with E-state index in [9.17, 15) is 4.79 Å². The molecule has 0 bridgehead atoms. The summed E-state index contributed by atoms with van der Waals surface area (Å²) in [5.74, 6) is 0.999. The Morgan fingerprint density at radius 2 is 1.90 bits per heavy atom. The van der Waals surface area contributed by atoms with Crippen LogP contribution in [0.25, 0.3) is 0 Å². The van der Waals surface area contributed by atoms with Gasteiger partial charge in [0, 0.05) is 31.6 Å². The summed E-state index contributed by atoms with van der Waals surface area (Å²) in [5.41, 5.74) is 6.01. The minimum Gasteiger partial charge on any atom is -0.341 e. The molecular weight excluding hydrogens is 274 g/mol. The minimum absolute atomic E-state index is 0. The van der Waals surface area contributed by atoms with Crippen LogP contribution in [0.2, 0.25) is 0 Å². The standard InChI is InChI=1S/C15H31N3O.ClH/c1-12(2)11-18(9-8-17(3)4)15(19)13-6-5-7-14(16)10-13;/h12-14H,5-11,16H2,1-4H3;1H. The minimum atomic E-state index is 0. The monoisotopic (exact) mass is 305 g/mol. The second-order valence-corrected chi connectivity index (χ2v) is 6.60. The van der Waals surface area contributed by atoms with Gasteiger partial charge < -0.3 is 15.5 Å². The first-order valence-corrected chi connectivity index (χ1v) is 7.59. The Morgan fingerprint density at radius 1 is 1.25 bits per heavy atom. The van der Waals surface area contributed by atoms with E-state index in [0.717, 1.165) is 45.3 Å². The third-order valence-electron chi connectivity index (χ3n) is 3.78. The molecule has 0 aromatic heterocycles. The van der Waals surface area contributed by atoms with Gasteiger partial charge in [-0.25, -0.2) is 0 Å². The van der Waals surface area contributed by atoms with Crippen LogP contribution < -0.4 is 5.73 Å². The fraction of sp³-hybridized carbons (Fsp3) is 0.933. The lowest BCUT2D eigenvalue weighted by atomic mass is 9.85. The Kier molecular flexibility index (Phi) is 9.43. The molecule has 0 aromatic carbocycles. The van der Waals surface area contributed by atoms with Crippen molar-refractivity contribution in [3.8, 4) is 0 Å². The third kappa shape index (κ3) is 6.91. The maximum atomic E-state index is 12.6. The number of halogens is 1. The number of carbonyl (C=O) groups is 1. The van der Waals surface area contributed by atoms with Crippen molar-refractivity contribution in [3.63, 3.8) is 0 Å². The first-order chi connectivity index (χ1) is 8.90. The van der Waals surface area contributed by atoms with Gasteiger partial charge in [-0.15, -0.1) is 12.4 Å². The van der Waals surface area contributed by atoms with E-state index in [-0.39, 0.29) is 24.4 Å². The zero-order valence-corrected chi connectivity index (χ0v) is 14.3. The molecule has 0 aromatic rings. The predicted molar refractivity (Wildman–Crippen MR) is 87.2 cm³/mol. The van der Waals surface area contributed by atoms with Crippen LogP contribution in [-0.2, 0) is 4.79 Å². The quantitative estimate of drug-likeness (QED) is 0.816. The van der Waals surface area contributed by atoms with Crippen molar-refractivity contribution < 1.29 is 4.79 Å². The Bertz CT molecular complexity index is 284. The van der Waals surface area contributed by atoms with E-state index in [1.54, 1.807) is 0 Å². The average Bonchev–Trinajstić information content (AvgIpc) is 2.33. The molecule has 1 aliphatic carbocycles. The molecule has 20 heavy (non-hydrogen) atoms. The third-order valence-corrected chi connectivity index (χ3v) is 3.78. The van der Waals surface area contributed by atoms with E-state index in [0.29, 0.717) is 11.8 Å². The maximum absolute atomic E-state index is 12.6. The number of carbonyl (C=O) groups excluding carboxylic acids is 1. The number of nitrogens with two attached hydrogens (primary N) is 1. The summed E-state index contributed by atoms with van der Waals surface area (Å²) in [4.78, 5) is 16.8. The summed E-state index contributed by atoms with van der Waals surface area (Å²) in [5, 5.41) is 0. The smallest absolute Gasteiger partial charge is 0.225 e. The second kappa shape index (κ2) is 9.59. The maximum Gasteiger partial charge on any atom is 0.225 e. The van der Waals surface area contributed by atoms with E-state index in [4.69, 9.17) is 5.73 Å². The molecule has 0 saturated heterocycles. The lowest BCUT2D eigenvalue weighted by Crippen LogP contribution is -2.44. The summed E-state index contributed by atoms with van der Waals surface area (Å²) in [6.45, 7) is 6.95. The van der Waals surface area contributed by atoms with Gasteiger partial charge in [-0.05, 0) is 39.3 Å². The van der Waals surface area contributed by atoms with E-state index in [2.05, 4.69) is 32.8 Å². The number of amides is 1. The van der Waals surface area contributed by atoms with Crippen LogP contribution in [0.5, 0.6) is 0 Å². The molecule has 1 fully saturated rings. The molecular formula is C15H32ClN3O. The zero-order valence-electron chi connectivity index (χ0n) is 13.5. The van der Waals surface area contributed by atoms with Gasteiger partial charge in [0.15, 0.2) is 0 Å². The highest BCUT2D eigenvalue weighted by molar-refractivity contribution is 5.85. The Labute approximate surface area is 130 Å². The molecule has 2 N–H and O–H groups in total. The van der Waals surface area contributed by atoms with Crippen molar-refractivity contribution in [1.29, 1.82) is 0 Å². The van der Waals surface area contributed by atoms with Crippen LogP contribution in [0.15, 0.2) is 0 Å². The topological polar surface area (TPSA) is 49.6 Å². The fourth-order valence-corrected chi connectivity index (χ4v) is 2.76. The van der Waals surface area contributed by atoms with Crippen molar-refractivity contribution >= 4 is 18.3 Å². The number of hydrogen-bond acceptors (Lipinski definition) is 3. The van der Waals surface area contributed by atoms with Crippen molar-refractivity contribution in [3.05, 3.63) is 0 Å². The van der Waals surface area contributed by atoms with Gasteiger partial charge in [-0.2, -0.15) is 0 Å². The predicted octanol–water partition coefficient (Wildman–Crippen LogP) is 1.97. The van der Waals surface area contributed by atoms with E-state index in [1.807, 2.05) is 4.90 Å². The van der Waals surface area contributed by atoms with Gasteiger partial charge in [-0.3, -0.25) is 4.79 Å². The molecule has 0 radical (unpaired) electrons. The van der Waals surface area contributed by atoms with Crippen LogP contribution >= 0.6 is 12.4 Å². The van der Waals surface area contributed by atoms with Gasteiger partial charge in [0.25, 0.3) is 0 Å². The zero-order chi connectivity index (χ0) is 14.4. The molecule has 2 atom stereocenters. The van der Waals surface area contributed by atoms with Crippen LogP contribution in [-0.4, -0.2) is 55.5 Å². The number of hydrogen-bond donors (Lipinski definition) is 1. The van der Waals surface area contributed by atoms with Gasteiger partial charge in [0.05, 0.1) is 0 Å². The lowest BCUT2D eigenvalue weighted by Gasteiger charge is -2.33. The summed E-state index contributed by atoms with van der Waals surface area (Å²) in [6.07, 6.45) is 4.06. The Balaban J connectivity index is 0.00000361. The van der Waals surface area contributed by atoms with Gasteiger partial charge in [0.2, 0.25) is 5.91 Å². The average molecular weight is 306 g/mol. The van der Waals surface area contributed by atoms with Crippen LogP contribution in [0.3, 0.4) is 0 Å². The first kappa shape index (κ1) is 19.7. The van der Waals surface area contributed by atoms with Crippen LogP contribution in [0.1, 0.15) is 39.5 Å². The molecule has 1 rings (SSSR count). The highest BCUT2D eigenvalue weighted by Gasteiger charge is 2.29. The molecule has 2 unspecified atom stereocenters. The Morgan fingerprint density at radius 3 is 2.40 bits per heavy atom. The van der Waals surface area contributed by atoms with Crippen LogP contribution in [0, 0.1) is 11.8 Å². The van der Waals surface area contributed by atoms with E-state index in [1.165, 1.54) is 0 Å². The molecule has 4 nitrogen and oxygen atoms in total. The number of nitrogens with zero attached hydrogens (tertiary/aromatic N) is 2. The summed E-state index contributed by atoms with van der Waals surface area (Å²) >= 11 is 0. The largest absolute Gasteiger partial charge is 0.341 e. The molecule has 1 saturated carbocycles. The van der Waals surface area contributed by atoms with Gasteiger partial charge >= 0.3 is 0 Å². The van der Waals surface area contributed by atoms with Crippen molar-refractivity contribution in [1.82, 2.24) is 9.80 Å². The van der Waals surface area contributed by atoms with Gasteiger partial charge in [-0.1, -0.05) is 20.3 Å². The molecule has 1 aliphatic rings. The van der Waals surface area contributed by atoms with Gasteiger partial charge in [0.1, 0.15) is 0 Å². The Hall–Kier alpha value is -0.320. The number of likely N-dealkylation sites (N-methyl/N-ethyl adjacent to an activating group) is 1. The first-order valence-electron chi connectivity index (χ1n) is 7.59. The van der Waals surface area contributed by atoms with Crippen molar-refractivity contribution in [2.24, 2.45) is 17.6 Å². The summed E-state index contributed by atoms with van der Waals surface area (Å²) < 4.78 is 0. The summed E-state index contributed by atoms with van der Waals surface area (Å²) in [7, 11) is 4.10. The fourth-order valence-electron chi connectivity index (χ4n) is 2.76. The van der Waals surface area contributed by atoms with Crippen molar-refractivity contribution in [2.75, 3.05) is 33.7 Å². The molecule has 0 spiro atoms. The molecule has 0 aliphatic heterocycles. The van der Waals surface area contributed by atoms with Crippen molar-refractivity contribution in [2.45, 2.75) is 45.6 Å². The normalized spacial score (nSPS) is 22.8. The summed E-state index contributed by atoms with van der Waals surface area (Å²) in [6, 6.07) is 0.220. The van der Waals surface area contributed by atoms with E-state index >= 15 is 0 Å². The molecule has 120 valence electrons. The van der Waals surface area contributed by atoms with Crippen LogP contribution in [0.4, 0.5) is 0 Å². The second-order valence-electron chi connectivity index (χ2n) is 6.60. The molecule has 5 heteroatoms. The number of rotatable bonds is 6. The van der Waals surface area contributed by atoms with E-state index < -0.39 is 0 Å². The SMILES string of the molecule is CC(C)CN(CCN(C)C)C(=O)C1CCCC(N)C1.Cl. The highest BCUT2D eigenvalue weighted by atomic mass is 35.5. The highest BCUT2D eigenvalue weighted by Crippen LogP contribution is 2.25. The lowest BCUT2D eigenvalue weighted by molar-refractivity contribution is -0.137. The molecule has 0 heterocycles.